The standard InChI is InChI=1S/C15H22FN3O/c1-15(10-20-11-15)9-18-14(17-2)19(3)8-12-5-4-6-13(16)7-12/h4-7H,8-11H2,1-3H3,(H,17,18). The van der Waals surface area contributed by atoms with Crippen LogP contribution in [0.1, 0.15) is 12.5 Å². The molecule has 0 bridgehead atoms. The van der Waals surface area contributed by atoms with Crippen molar-refractivity contribution in [2.24, 2.45) is 10.4 Å². The maximum atomic E-state index is 13.2. The highest BCUT2D eigenvalue weighted by Gasteiger charge is 2.33. The molecule has 4 nitrogen and oxygen atoms in total. The van der Waals surface area contributed by atoms with Gasteiger partial charge < -0.3 is 15.0 Å². The highest BCUT2D eigenvalue weighted by atomic mass is 19.1. The molecule has 0 radical (unpaired) electrons. The largest absolute Gasteiger partial charge is 0.380 e. The van der Waals surface area contributed by atoms with Crippen molar-refractivity contribution in [1.82, 2.24) is 10.2 Å². The normalized spacial score (nSPS) is 17.5. The second-order valence-electron chi connectivity index (χ2n) is 5.69. The predicted molar refractivity (Wildman–Crippen MR) is 78.2 cm³/mol. The van der Waals surface area contributed by atoms with E-state index in [1.807, 2.05) is 18.0 Å². The Balaban J connectivity index is 1.90. The number of benzene rings is 1. The number of aliphatic imine (C=N–C) groups is 1. The first-order valence-corrected chi connectivity index (χ1v) is 6.76. The minimum absolute atomic E-state index is 0.190. The smallest absolute Gasteiger partial charge is 0.193 e. The first kappa shape index (κ1) is 14.8. The Hall–Kier alpha value is -1.62. The highest BCUT2D eigenvalue weighted by molar-refractivity contribution is 5.79. The van der Waals surface area contributed by atoms with E-state index in [0.29, 0.717) is 6.54 Å². The molecule has 0 saturated carbocycles. The van der Waals surface area contributed by atoms with Crippen LogP contribution < -0.4 is 5.32 Å². The quantitative estimate of drug-likeness (QED) is 0.675. The zero-order valence-corrected chi connectivity index (χ0v) is 12.3. The minimum atomic E-state index is -0.210. The molecule has 0 spiro atoms. The van der Waals surface area contributed by atoms with E-state index >= 15 is 0 Å². The van der Waals surface area contributed by atoms with Gasteiger partial charge in [-0.15, -0.1) is 0 Å². The molecule has 1 aliphatic rings. The monoisotopic (exact) mass is 279 g/mol. The lowest BCUT2D eigenvalue weighted by atomic mass is 9.89. The van der Waals surface area contributed by atoms with Crippen LogP contribution in [0.25, 0.3) is 0 Å². The lowest BCUT2D eigenvalue weighted by Crippen LogP contribution is -2.51. The molecule has 1 heterocycles. The first-order valence-electron chi connectivity index (χ1n) is 6.76. The van der Waals surface area contributed by atoms with Gasteiger partial charge in [0.05, 0.1) is 13.2 Å². The summed E-state index contributed by atoms with van der Waals surface area (Å²) < 4.78 is 18.4. The van der Waals surface area contributed by atoms with E-state index in [-0.39, 0.29) is 11.2 Å². The van der Waals surface area contributed by atoms with E-state index in [1.54, 1.807) is 19.2 Å². The van der Waals surface area contributed by atoms with Crippen molar-refractivity contribution in [2.75, 3.05) is 33.9 Å². The summed E-state index contributed by atoms with van der Waals surface area (Å²) in [6.07, 6.45) is 0. The zero-order chi connectivity index (χ0) is 14.6. The Labute approximate surface area is 119 Å². The van der Waals surface area contributed by atoms with E-state index in [1.165, 1.54) is 6.07 Å². The fraction of sp³-hybridized carbons (Fsp3) is 0.533. The number of hydrogen-bond donors (Lipinski definition) is 1. The molecule has 20 heavy (non-hydrogen) atoms. The highest BCUT2D eigenvalue weighted by Crippen LogP contribution is 2.25. The summed E-state index contributed by atoms with van der Waals surface area (Å²) in [6.45, 7) is 5.19. The van der Waals surface area contributed by atoms with Gasteiger partial charge in [-0.1, -0.05) is 19.1 Å². The van der Waals surface area contributed by atoms with Crippen molar-refractivity contribution < 1.29 is 9.13 Å². The summed E-state index contributed by atoms with van der Waals surface area (Å²) in [5, 5.41) is 3.35. The van der Waals surface area contributed by atoms with Gasteiger partial charge in [-0.2, -0.15) is 0 Å². The van der Waals surface area contributed by atoms with Crippen molar-refractivity contribution in [1.29, 1.82) is 0 Å². The van der Waals surface area contributed by atoms with Gasteiger partial charge in [-0.25, -0.2) is 4.39 Å². The number of rotatable bonds is 4. The SMILES string of the molecule is CN=C(NCC1(C)COC1)N(C)Cc1cccc(F)c1. The van der Waals surface area contributed by atoms with Gasteiger partial charge in [-0.3, -0.25) is 4.99 Å². The summed E-state index contributed by atoms with van der Waals surface area (Å²) in [4.78, 5) is 6.25. The van der Waals surface area contributed by atoms with E-state index in [4.69, 9.17) is 4.74 Å². The molecule has 0 aromatic heterocycles. The Kier molecular flexibility index (Phi) is 4.60. The summed E-state index contributed by atoms with van der Waals surface area (Å²) in [6, 6.07) is 6.63. The molecular formula is C15H22FN3O. The number of ether oxygens (including phenoxy) is 1. The van der Waals surface area contributed by atoms with Crippen LogP contribution in [0.2, 0.25) is 0 Å². The van der Waals surface area contributed by atoms with Gasteiger partial charge in [0, 0.05) is 32.6 Å². The van der Waals surface area contributed by atoms with Crippen molar-refractivity contribution >= 4 is 5.96 Å². The fourth-order valence-corrected chi connectivity index (χ4v) is 2.21. The van der Waals surface area contributed by atoms with Crippen molar-refractivity contribution in [3.8, 4) is 0 Å². The van der Waals surface area contributed by atoms with Gasteiger partial charge >= 0.3 is 0 Å². The topological polar surface area (TPSA) is 36.9 Å². The summed E-state index contributed by atoms with van der Waals surface area (Å²) in [5.41, 5.74) is 1.11. The second kappa shape index (κ2) is 6.22. The molecule has 0 aliphatic carbocycles. The average molecular weight is 279 g/mol. The predicted octanol–water partition coefficient (Wildman–Crippen LogP) is 1.87. The van der Waals surface area contributed by atoms with E-state index in [0.717, 1.165) is 31.3 Å². The van der Waals surface area contributed by atoms with Crippen LogP contribution in [0.15, 0.2) is 29.3 Å². The molecule has 1 aromatic rings. The van der Waals surface area contributed by atoms with Crippen LogP contribution in [-0.2, 0) is 11.3 Å². The molecule has 1 saturated heterocycles. The van der Waals surface area contributed by atoms with Crippen LogP contribution >= 0.6 is 0 Å². The fourth-order valence-electron chi connectivity index (χ4n) is 2.21. The summed E-state index contributed by atoms with van der Waals surface area (Å²) in [7, 11) is 3.70. The zero-order valence-electron chi connectivity index (χ0n) is 12.3. The van der Waals surface area contributed by atoms with E-state index in [2.05, 4.69) is 17.2 Å². The van der Waals surface area contributed by atoms with Gasteiger partial charge in [0.25, 0.3) is 0 Å². The number of hydrogen-bond acceptors (Lipinski definition) is 2. The average Bonchev–Trinajstić information content (AvgIpc) is 2.37. The van der Waals surface area contributed by atoms with Crippen LogP contribution in [-0.4, -0.2) is 44.7 Å². The minimum Gasteiger partial charge on any atom is -0.380 e. The van der Waals surface area contributed by atoms with Crippen molar-refractivity contribution in [2.45, 2.75) is 13.5 Å². The number of nitrogens with one attached hydrogen (secondary N) is 1. The molecule has 0 amide bonds. The lowest BCUT2D eigenvalue weighted by molar-refractivity contribution is -0.0972. The molecule has 1 N–H and O–H groups in total. The summed E-state index contributed by atoms with van der Waals surface area (Å²) in [5.74, 6) is 0.598. The Bertz CT molecular complexity index is 486. The Morgan fingerprint density at radius 2 is 2.25 bits per heavy atom. The maximum absolute atomic E-state index is 13.2. The first-order chi connectivity index (χ1) is 9.52. The van der Waals surface area contributed by atoms with Crippen LogP contribution in [0.3, 0.4) is 0 Å². The van der Waals surface area contributed by atoms with Crippen molar-refractivity contribution in [3.05, 3.63) is 35.6 Å². The molecule has 0 atom stereocenters. The molecule has 1 aliphatic heterocycles. The lowest BCUT2D eigenvalue weighted by Gasteiger charge is -2.39. The second-order valence-corrected chi connectivity index (χ2v) is 5.69. The van der Waals surface area contributed by atoms with Crippen LogP contribution in [0.5, 0.6) is 0 Å². The molecule has 5 heteroatoms. The molecule has 2 rings (SSSR count). The maximum Gasteiger partial charge on any atom is 0.193 e. The van der Waals surface area contributed by atoms with Crippen LogP contribution in [0, 0.1) is 11.2 Å². The molecular weight excluding hydrogens is 257 g/mol. The van der Waals surface area contributed by atoms with Crippen LogP contribution in [0.4, 0.5) is 4.39 Å². The number of nitrogens with zero attached hydrogens (tertiary/aromatic N) is 2. The third kappa shape index (κ3) is 3.70. The van der Waals surface area contributed by atoms with E-state index < -0.39 is 0 Å². The molecule has 110 valence electrons. The number of guanidine groups is 1. The Morgan fingerprint density at radius 3 is 2.80 bits per heavy atom. The van der Waals surface area contributed by atoms with Crippen molar-refractivity contribution in [3.63, 3.8) is 0 Å². The molecule has 0 unspecified atom stereocenters. The van der Waals surface area contributed by atoms with E-state index in [9.17, 15) is 4.39 Å². The molecule has 1 fully saturated rings. The Morgan fingerprint density at radius 1 is 1.50 bits per heavy atom. The van der Waals surface area contributed by atoms with Gasteiger partial charge in [-0.05, 0) is 17.7 Å². The van der Waals surface area contributed by atoms with Gasteiger partial charge in [0.15, 0.2) is 5.96 Å². The summed E-state index contributed by atoms with van der Waals surface area (Å²) >= 11 is 0. The number of halogens is 1. The van der Waals surface area contributed by atoms with Gasteiger partial charge in [0.1, 0.15) is 5.82 Å². The molecule has 1 aromatic carbocycles. The third-order valence-corrected chi connectivity index (χ3v) is 3.46. The van der Waals surface area contributed by atoms with Gasteiger partial charge in [0.2, 0.25) is 0 Å². The third-order valence-electron chi connectivity index (χ3n) is 3.46.